The van der Waals surface area contributed by atoms with Gasteiger partial charge in [0.1, 0.15) is 0 Å². The van der Waals surface area contributed by atoms with Gasteiger partial charge in [-0.1, -0.05) is 6.07 Å². The predicted molar refractivity (Wildman–Crippen MR) is 92.6 cm³/mol. The van der Waals surface area contributed by atoms with Crippen LogP contribution in [0.3, 0.4) is 0 Å². The van der Waals surface area contributed by atoms with E-state index in [-0.39, 0.29) is 10.6 Å². The highest BCUT2D eigenvalue weighted by molar-refractivity contribution is 9.10. The Morgan fingerprint density at radius 3 is 2.64 bits per heavy atom. The van der Waals surface area contributed by atoms with Crippen LogP contribution in [0.15, 0.2) is 40.2 Å². The smallest absolute Gasteiger partial charge is 0.271 e. The van der Waals surface area contributed by atoms with E-state index in [1.54, 1.807) is 23.5 Å². The van der Waals surface area contributed by atoms with Gasteiger partial charge in [0.05, 0.1) is 4.92 Å². The summed E-state index contributed by atoms with van der Waals surface area (Å²) in [6.45, 7) is 4.68. The molecule has 0 atom stereocenters. The number of nitrogens with zero attached hydrogens (tertiary/aromatic N) is 3. The van der Waals surface area contributed by atoms with Crippen LogP contribution >= 0.6 is 27.3 Å². The number of non-ortho nitro benzene ring substituents is 1. The van der Waals surface area contributed by atoms with Crippen molar-refractivity contribution in [1.82, 2.24) is 4.90 Å². The highest BCUT2D eigenvalue weighted by atomic mass is 79.9. The maximum atomic E-state index is 10.9. The van der Waals surface area contributed by atoms with E-state index in [9.17, 15) is 10.1 Å². The number of nitro groups is 1. The van der Waals surface area contributed by atoms with Crippen LogP contribution in [-0.4, -0.2) is 36.0 Å². The van der Waals surface area contributed by atoms with Gasteiger partial charge in [-0.15, -0.1) is 11.3 Å². The van der Waals surface area contributed by atoms with E-state index in [1.165, 1.54) is 15.4 Å². The lowest BCUT2D eigenvalue weighted by molar-refractivity contribution is -0.384. The molecular weight excluding hydrogens is 366 g/mol. The van der Waals surface area contributed by atoms with Crippen LogP contribution in [0.2, 0.25) is 0 Å². The van der Waals surface area contributed by atoms with Crippen molar-refractivity contribution in [2.75, 3.05) is 31.1 Å². The van der Waals surface area contributed by atoms with E-state index < -0.39 is 0 Å². The number of piperazine rings is 1. The van der Waals surface area contributed by atoms with Crippen LogP contribution in [0.25, 0.3) is 0 Å². The van der Waals surface area contributed by atoms with Crippen LogP contribution in [0, 0.1) is 10.1 Å². The molecule has 0 radical (unpaired) electrons. The van der Waals surface area contributed by atoms with Gasteiger partial charge >= 0.3 is 0 Å². The minimum absolute atomic E-state index is 0.155. The van der Waals surface area contributed by atoms with Crippen molar-refractivity contribution in [1.29, 1.82) is 0 Å². The maximum absolute atomic E-state index is 10.9. The van der Waals surface area contributed by atoms with Gasteiger partial charge in [-0.2, -0.15) is 0 Å². The Kier molecular flexibility index (Phi) is 4.75. The summed E-state index contributed by atoms with van der Waals surface area (Å²) in [4.78, 5) is 16.5. The number of thiophene rings is 1. The van der Waals surface area contributed by atoms with Crippen molar-refractivity contribution < 1.29 is 4.92 Å². The molecular formula is C15H16BrN3O2S. The molecule has 1 aliphatic heterocycles. The SMILES string of the molecule is O=[N+]([O-])c1cccc(N2CCN(Cc3sccc3Br)CC2)c1. The second kappa shape index (κ2) is 6.76. The fourth-order valence-electron chi connectivity index (χ4n) is 2.61. The third-order valence-electron chi connectivity index (χ3n) is 3.84. The number of halogens is 1. The summed E-state index contributed by atoms with van der Waals surface area (Å²) in [7, 11) is 0. The van der Waals surface area contributed by atoms with Gasteiger partial charge in [-0.25, -0.2) is 0 Å². The van der Waals surface area contributed by atoms with Gasteiger partial charge < -0.3 is 4.90 Å². The summed E-state index contributed by atoms with van der Waals surface area (Å²) in [6.07, 6.45) is 0. The summed E-state index contributed by atoms with van der Waals surface area (Å²) in [5.41, 5.74) is 1.09. The second-order valence-electron chi connectivity index (χ2n) is 5.23. The van der Waals surface area contributed by atoms with Crippen molar-refractivity contribution in [2.24, 2.45) is 0 Å². The zero-order valence-electron chi connectivity index (χ0n) is 11.9. The zero-order valence-corrected chi connectivity index (χ0v) is 14.3. The number of nitro benzene ring substituents is 1. The van der Waals surface area contributed by atoms with Crippen molar-refractivity contribution in [3.8, 4) is 0 Å². The second-order valence-corrected chi connectivity index (χ2v) is 7.09. The normalized spacial score (nSPS) is 16.0. The summed E-state index contributed by atoms with van der Waals surface area (Å²) >= 11 is 5.34. The lowest BCUT2D eigenvalue weighted by atomic mass is 10.2. The van der Waals surface area contributed by atoms with Crippen LogP contribution in [0.5, 0.6) is 0 Å². The molecule has 0 aliphatic carbocycles. The van der Waals surface area contributed by atoms with Crippen molar-refractivity contribution in [3.63, 3.8) is 0 Å². The third-order valence-corrected chi connectivity index (χ3v) is 5.75. The number of anilines is 1. The van der Waals surface area contributed by atoms with E-state index in [0.717, 1.165) is 38.4 Å². The standard InChI is InChI=1S/C15H16BrN3O2S/c16-14-4-9-22-15(14)11-17-5-7-18(8-6-17)12-2-1-3-13(10-12)19(20)21/h1-4,9-10H,5-8,11H2. The molecule has 0 N–H and O–H groups in total. The first-order chi connectivity index (χ1) is 10.6. The Bertz CT molecular complexity index is 668. The Hall–Kier alpha value is -1.44. The van der Waals surface area contributed by atoms with Crippen LogP contribution in [0.1, 0.15) is 4.88 Å². The van der Waals surface area contributed by atoms with E-state index in [0.29, 0.717) is 0 Å². The van der Waals surface area contributed by atoms with E-state index in [4.69, 9.17) is 0 Å². The number of rotatable bonds is 4. The molecule has 0 saturated carbocycles. The number of benzene rings is 1. The monoisotopic (exact) mass is 381 g/mol. The maximum Gasteiger partial charge on any atom is 0.271 e. The number of hydrogen-bond acceptors (Lipinski definition) is 5. The van der Waals surface area contributed by atoms with Crippen molar-refractivity contribution in [3.05, 3.63) is 55.2 Å². The van der Waals surface area contributed by atoms with Gasteiger partial charge in [-0.05, 0) is 33.4 Å². The molecule has 1 aromatic carbocycles. The molecule has 0 spiro atoms. The molecule has 0 bridgehead atoms. The first-order valence-electron chi connectivity index (χ1n) is 7.07. The van der Waals surface area contributed by atoms with Crippen LogP contribution in [-0.2, 0) is 6.54 Å². The summed E-state index contributed by atoms with van der Waals surface area (Å²) in [6, 6.07) is 8.97. The zero-order chi connectivity index (χ0) is 15.5. The first-order valence-corrected chi connectivity index (χ1v) is 8.74. The summed E-state index contributed by atoms with van der Waals surface area (Å²) in [5, 5.41) is 13.0. The van der Waals surface area contributed by atoms with E-state index in [1.807, 2.05) is 6.07 Å². The fourth-order valence-corrected chi connectivity index (χ4v) is 4.13. The van der Waals surface area contributed by atoms with E-state index in [2.05, 4.69) is 37.2 Å². The molecule has 3 rings (SSSR count). The third kappa shape index (κ3) is 3.48. The largest absolute Gasteiger partial charge is 0.369 e. The lowest BCUT2D eigenvalue weighted by Crippen LogP contribution is -2.45. The van der Waals surface area contributed by atoms with Gasteiger partial charge in [0, 0.05) is 59.9 Å². The Morgan fingerprint density at radius 1 is 1.23 bits per heavy atom. The van der Waals surface area contributed by atoms with Crippen molar-refractivity contribution >= 4 is 38.6 Å². The average molecular weight is 382 g/mol. The Labute approximate surface area is 141 Å². The molecule has 0 unspecified atom stereocenters. The number of hydrogen-bond donors (Lipinski definition) is 0. The quantitative estimate of drug-likeness (QED) is 0.597. The molecule has 116 valence electrons. The molecule has 5 nitrogen and oxygen atoms in total. The van der Waals surface area contributed by atoms with Crippen molar-refractivity contribution in [2.45, 2.75) is 6.54 Å². The van der Waals surface area contributed by atoms with E-state index >= 15 is 0 Å². The highest BCUT2D eigenvalue weighted by Gasteiger charge is 2.19. The van der Waals surface area contributed by atoms with Gasteiger partial charge in [0.2, 0.25) is 0 Å². The Balaban J connectivity index is 1.61. The lowest BCUT2D eigenvalue weighted by Gasteiger charge is -2.35. The summed E-state index contributed by atoms with van der Waals surface area (Å²) < 4.78 is 1.18. The van der Waals surface area contributed by atoms with Gasteiger partial charge in [-0.3, -0.25) is 15.0 Å². The molecule has 0 amide bonds. The topological polar surface area (TPSA) is 49.6 Å². The molecule has 1 aliphatic rings. The highest BCUT2D eigenvalue weighted by Crippen LogP contribution is 2.26. The first kappa shape index (κ1) is 15.5. The fraction of sp³-hybridized carbons (Fsp3) is 0.333. The summed E-state index contributed by atoms with van der Waals surface area (Å²) in [5.74, 6) is 0. The van der Waals surface area contributed by atoms with Gasteiger partial charge in [0.25, 0.3) is 5.69 Å². The molecule has 2 aromatic rings. The minimum Gasteiger partial charge on any atom is -0.369 e. The average Bonchev–Trinajstić information content (AvgIpc) is 2.93. The molecule has 22 heavy (non-hydrogen) atoms. The minimum atomic E-state index is -0.339. The molecule has 1 aromatic heterocycles. The molecule has 1 fully saturated rings. The van der Waals surface area contributed by atoms with Crippen LogP contribution < -0.4 is 4.90 Å². The molecule has 7 heteroatoms. The Morgan fingerprint density at radius 2 is 2.00 bits per heavy atom. The molecule has 2 heterocycles. The van der Waals surface area contributed by atoms with Crippen LogP contribution in [0.4, 0.5) is 11.4 Å². The predicted octanol–water partition coefficient (Wildman–Crippen LogP) is 3.74. The van der Waals surface area contributed by atoms with Gasteiger partial charge in [0.15, 0.2) is 0 Å². The molecule has 1 saturated heterocycles.